The molecule has 0 fully saturated rings. The van der Waals surface area contributed by atoms with Gasteiger partial charge < -0.3 is 10.1 Å². The lowest BCUT2D eigenvalue weighted by Gasteiger charge is -2.07. The number of nitrogens with zero attached hydrogens (tertiary/aromatic N) is 2. The van der Waals surface area contributed by atoms with Crippen LogP contribution in [0.15, 0.2) is 18.2 Å². The predicted molar refractivity (Wildman–Crippen MR) is 72.0 cm³/mol. The van der Waals surface area contributed by atoms with Gasteiger partial charge in [0.1, 0.15) is 11.6 Å². The lowest BCUT2D eigenvalue weighted by atomic mass is 10.2. The highest BCUT2D eigenvalue weighted by Crippen LogP contribution is 2.22. The van der Waals surface area contributed by atoms with E-state index in [2.05, 4.69) is 12.2 Å². The molecule has 1 N–H and O–H groups in total. The molecule has 1 rings (SSSR count). The van der Waals surface area contributed by atoms with Crippen molar-refractivity contribution in [3.05, 3.63) is 33.9 Å². The Morgan fingerprint density at radius 2 is 2.26 bits per heavy atom. The molecular formula is C13H17N3O3. The van der Waals surface area contributed by atoms with Crippen LogP contribution in [0.5, 0.6) is 0 Å². The first-order valence-electron chi connectivity index (χ1n) is 6.19. The van der Waals surface area contributed by atoms with Gasteiger partial charge in [-0.3, -0.25) is 10.1 Å². The van der Waals surface area contributed by atoms with Gasteiger partial charge in [-0.15, -0.1) is 0 Å². The molecular weight excluding hydrogens is 246 g/mol. The minimum absolute atomic E-state index is 0.0646. The summed E-state index contributed by atoms with van der Waals surface area (Å²) < 4.78 is 5.37. The van der Waals surface area contributed by atoms with Crippen molar-refractivity contribution in [2.75, 3.05) is 25.1 Å². The van der Waals surface area contributed by atoms with E-state index < -0.39 is 4.92 Å². The Labute approximate surface area is 112 Å². The number of nitriles is 1. The average Bonchev–Trinajstić information content (AvgIpc) is 2.42. The first kappa shape index (κ1) is 14.9. The summed E-state index contributed by atoms with van der Waals surface area (Å²) in [5, 5.41) is 22.6. The summed E-state index contributed by atoms with van der Waals surface area (Å²) in [7, 11) is 0. The molecule has 102 valence electrons. The Kier molecular flexibility index (Phi) is 6.33. The number of nitro benzene ring substituents is 1. The van der Waals surface area contributed by atoms with Gasteiger partial charge in [0.15, 0.2) is 0 Å². The number of benzene rings is 1. The van der Waals surface area contributed by atoms with Crippen molar-refractivity contribution in [2.24, 2.45) is 0 Å². The Hall–Kier alpha value is -2.13. The number of hydrogen-bond acceptors (Lipinski definition) is 5. The van der Waals surface area contributed by atoms with Crippen LogP contribution in [-0.4, -0.2) is 24.7 Å². The van der Waals surface area contributed by atoms with Crippen molar-refractivity contribution in [1.29, 1.82) is 5.26 Å². The highest BCUT2D eigenvalue weighted by atomic mass is 16.6. The fraction of sp³-hybridized carbons (Fsp3) is 0.462. The summed E-state index contributed by atoms with van der Waals surface area (Å²) in [6.45, 7) is 3.95. The van der Waals surface area contributed by atoms with Gasteiger partial charge in [-0.1, -0.05) is 13.3 Å². The Morgan fingerprint density at radius 1 is 1.47 bits per heavy atom. The molecule has 0 atom stereocenters. The Balaban J connectivity index is 2.49. The monoisotopic (exact) mass is 263 g/mol. The smallest absolute Gasteiger partial charge is 0.289 e. The number of rotatable bonds is 8. The number of unbranched alkanes of at least 4 members (excludes halogenated alkanes) is 1. The standard InChI is InChI=1S/C13H17N3O3/c1-2-3-7-19-8-6-15-12-5-4-11(10-14)13(9-12)16(17)18/h4-5,9,15H,2-3,6-8H2,1H3. The average molecular weight is 263 g/mol. The fourth-order valence-electron chi connectivity index (χ4n) is 1.50. The molecule has 6 nitrogen and oxygen atoms in total. The van der Waals surface area contributed by atoms with Crippen LogP contribution in [0.2, 0.25) is 0 Å². The van der Waals surface area contributed by atoms with Crippen LogP contribution in [0.1, 0.15) is 25.3 Å². The van der Waals surface area contributed by atoms with Crippen molar-refractivity contribution >= 4 is 11.4 Å². The van der Waals surface area contributed by atoms with Crippen molar-refractivity contribution in [3.63, 3.8) is 0 Å². The molecule has 0 aromatic heterocycles. The number of hydrogen-bond donors (Lipinski definition) is 1. The summed E-state index contributed by atoms with van der Waals surface area (Å²) in [4.78, 5) is 10.2. The molecule has 0 radical (unpaired) electrons. The molecule has 0 amide bonds. The quantitative estimate of drug-likeness (QED) is 0.442. The second kappa shape index (κ2) is 8.06. The second-order valence-electron chi connectivity index (χ2n) is 3.99. The molecule has 0 bridgehead atoms. The lowest BCUT2D eigenvalue weighted by Crippen LogP contribution is -2.10. The van der Waals surface area contributed by atoms with Gasteiger partial charge in [0, 0.05) is 24.9 Å². The molecule has 1 aromatic carbocycles. The zero-order valence-electron chi connectivity index (χ0n) is 10.9. The van der Waals surface area contributed by atoms with Gasteiger partial charge in [-0.2, -0.15) is 5.26 Å². The van der Waals surface area contributed by atoms with Gasteiger partial charge in [-0.05, 0) is 18.6 Å². The molecule has 0 saturated heterocycles. The molecule has 1 aromatic rings. The largest absolute Gasteiger partial charge is 0.383 e. The summed E-state index contributed by atoms with van der Waals surface area (Å²) in [6, 6.07) is 6.26. The molecule has 0 aliphatic carbocycles. The van der Waals surface area contributed by atoms with Gasteiger partial charge in [0.2, 0.25) is 0 Å². The molecule has 0 aliphatic rings. The highest BCUT2D eigenvalue weighted by molar-refractivity contribution is 5.59. The van der Waals surface area contributed by atoms with Crippen LogP contribution in [0.25, 0.3) is 0 Å². The Bertz CT molecular complexity index is 469. The highest BCUT2D eigenvalue weighted by Gasteiger charge is 2.13. The van der Waals surface area contributed by atoms with E-state index in [1.165, 1.54) is 12.1 Å². The molecule has 0 unspecified atom stereocenters. The summed E-state index contributed by atoms with van der Waals surface area (Å²) >= 11 is 0. The number of anilines is 1. The third-order valence-corrected chi connectivity index (χ3v) is 2.53. The van der Waals surface area contributed by atoms with Crippen LogP contribution < -0.4 is 5.32 Å². The third kappa shape index (κ3) is 4.94. The lowest BCUT2D eigenvalue weighted by molar-refractivity contribution is -0.385. The van der Waals surface area contributed by atoms with E-state index in [-0.39, 0.29) is 11.3 Å². The normalized spacial score (nSPS) is 9.89. The van der Waals surface area contributed by atoms with Crippen molar-refractivity contribution in [2.45, 2.75) is 19.8 Å². The van der Waals surface area contributed by atoms with Gasteiger partial charge in [-0.25, -0.2) is 0 Å². The van der Waals surface area contributed by atoms with Gasteiger partial charge in [0.05, 0.1) is 11.5 Å². The van der Waals surface area contributed by atoms with E-state index in [0.717, 1.165) is 19.4 Å². The number of nitrogens with one attached hydrogen (secondary N) is 1. The SMILES string of the molecule is CCCCOCCNc1ccc(C#N)c([N+](=O)[O-])c1. The minimum Gasteiger partial charge on any atom is -0.383 e. The molecule has 0 spiro atoms. The van der Waals surface area contributed by atoms with E-state index in [1.807, 2.05) is 0 Å². The molecule has 0 heterocycles. The van der Waals surface area contributed by atoms with E-state index in [1.54, 1.807) is 12.1 Å². The molecule has 0 aliphatic heterocycles. The first-order chi connectivity index (χ1) is 9.19. The van der Waals surface area contributed by atoms with E-state index >= 15 is 0 Å². The Morgan fingerprint density at radius 3 is 2.89 bits per heavy atom. The van der Waals surface area contributed by atoms with Crippen molar-refractivity contribution < 1.29 is 9.66 Å². The molecule has 0 saturated carbocycles. The molecule has 6 heteroatoms. The summed E-state index contributed by atoms with van der Waals surface area (Å²) in [6.07, 6.45) is 2.12. The van der Waals surface area contributed by atoms with Crippen LogP contribution >= 0.6 is 0 Å². The van der Waals surface area contributed by atoms with Crippen LogP contribution in [-0.2, 0) is 4.74 Å². The van der Waals surface area contributed by atoms with Crippen molar-refractivity contribution in [3.8, 4) is 6.07 Å². The zero-order chi connectivity index (χ0) is 14.1. The van der Waals surface area contributed by atoms with Gasteiger partial charge >= 0.3 is 0 Å². The predicted octanol–water partition coefficient (Wildman–Crippen LogP) is 2.70. The van der Waals surface area contributed by atoms with E-state index in [4.69, 9.17) is 10.00 Å². The topological polar surface area (TPSA) is 88.2 Å². The fourth-order valence-corrected chi connectivity index (χ4v) is 1.50. The summed E-state index contributed by atoms with van der Waals surface area (Å²) in [5.41, 5.74) is 0.499. The van der Waals surface area contributed by atoms with Crippen LogP contribution in [0, 0.1) is 21.4 Å². The number of nitro groups is 1. The summed E-state index contributed by atoms with van der Waals surface area (Å²) in [5.74, 6) is 0. The third-order valence-electron chi connectivity index (χ3n) is 2.53. The van der Waals surface area contributed by atoms with Crippen molar-refractivity contribution in [1.82, 2.24) is 0 Å². The van der Waals surface area contributed by atoms with Gasteiger partial charge in [0.25, 0.3) is 5.69 Å². The van der Waals surface area contributed by atoms with Crippen LogP contribution in [0.4, 0.5) is 11.4 Å². The van der Waals surface area contributed by atoms with E-state index in [9.17, 15) is 10.1 Å². The second-order valence-corrected chi connectivity index (χ2v) is 3.99. The minimum atomic E-state index is -0.554. The maximum absolute atomic E-state index is 10.8. The number of ether oxygens (including phenoxy) is 1. The maximum atomic E-state index is 10.8. The first-order valence-corrected chi connectivity index (χ1v) is 6.19. The maximum Gasteiger partial charge on any atom is 0.289 e. The van der Waals surface area contributed by atoms with Crippen LogP contribution in [0.3, 0.4) is 0 Å². The zero-order valence-corrected chi connectivity index (χ0v) is 10.9. The molecule has 19 heavy (non-hydrogen) atoms. The van der Waals surface area contributed by atoms with E-state index in [0.29, 0.717) is 18.8 Å².